The molecular formula is C16H14FN7OS. The highest BCUT2D eigenvalue weighted by molar-refractivity contribution is 7.17. The van der Waals surface area contributed by atoms with E-state index in [2.05, 4.69) is 30.9 Å². The Bertz CT molecular complexity index is 1110. The summed E-state index contributed by atoms with van der Waals surface area (Å²) >= 11 is 1.15. The Morgan fingerprint density at radius 3 is 2.96 bits per heavy atom. The summed E-state index contributed by atoms with van der Waals surface area (Å²) in [6.45, 7) is 1.77. The van der Waals surface area contributed by atoms with Gasteiger partial charge in [-0.05, 0) is 19.1 Å². The number of carbonyl (C=O) groups excluding carboxylic acids is 1. The molecule has 8 nitrogen and oxygen atoms in total. The van der Waals surface area contributed by atoms with E-state index in [1.807, 2.05) is 0 Å². The molecule has 0 aliphatic heterocycles. The number of H-pyrrole nitrogens is 1. The van der Waals surface area contributed by atoms with Crippen molar-refractivity contribution in [2.45, 2.75) is 6.92 Å². The van der Waals surface area contributed by atoms with E-state index in [1.165, 1.54) is 12.3 Å². The van der Waals surface area contributed by atoms with Gasteiger partial charge >= 0.3 is 0 Å². The second-order valence-electron chi connectivity index (χ2n) is 5.65. The minimum Gasteiger partial charge on any atom is -0.318 e. The van der Waals surface area contributed by atoms with Crippen molar-refractivity contribution < 1.29 is 9.18 Å². The van der Waals surface area contributed by atoms with E-state index in [0.29, 0.717) is 32.4 Å². The van der Waals surface area contributed by atoms with Crippen molar-refractivity contribution in [2.75, 3.05) is 10.6 Å². The Kier molecular flexibility index (Phi) is 3.88. The number of amides is 1. The summed E-state index contributed by atoms with van der Waals surface area (Å²) in [7, 11) is 1.80. The third-order valence-corrected chi connectivity index (χ3v) is 4.68. The zero-order chi connectivity index (χ0) is 18.3. The van der Waals surface area contributed by atoms with E-state index < -0.39 is 11.7 Å². The molecule has 0 aliphatic carbocycles. The van der Waals surface area contributed by atoms with Gasteiger partial charge in [0.25, 0.3) is 5.91 Å². The van der Waals surface area contributed by atoms with Gasteiger partial charge in [0.1, 0.15) is 10.7 Å². The number of nitrogens with zero attached hydrogens (tertiary/aromatic N) is 4. The molecule has 3 heterocycles. The van der Waals surface area contributed by atoms with Gasteiger partial charge in [0, 0.05) is 30.4 Å². The van der Waals surface area contributed by atoms with Crippen molar-refractivity contribution in [3.8, 4) is 0 Å². The monoisotopic (exact) mass is 371 g/mol. The molecule has 0 radical (unpaired) electrons. The minimum atomic E-state index is -0.522. The highest BCUT2D eigenvalue weighted by Gasteiger charge is 2.18. The second kappa shape index (κ2) is 6.23. The Morgan fingerprint density at radius 2 is 2.19 bits per heavy atom. The molecule has 4 aromatic rings. The molecule has 1 amide bonds. The number of anilines is 3. The normalized spacial score (nSPS) is 11.0. The van der Waals surface area contributed by atoms with Crippen LogP contribution in [-0.2, 0) is 7.05 Å². The van der Waals surface area contributed by atoms with Gasteiger partial charge in [-0.2, -0.15) is 10.2 Å². The Balaban J connectivity index is 1.58. The van der Waals surface area contributed by atoms with Crippen LogP contribution in [0.25, 0.3) is 10.9 Å². The number of rotatable bonds is 4. The zero-order valence-corrected chi connectivity index (χ0v) is 14.7. The zero-order valence-electron chi connectivity index (χ0n) is 13.9. The summed E-state index contributed by atoms with van der Waals surface area (Å²) in [5.41, 5.74) is 1.36. The van der Waals surface area contributed by atoms with Crippen LogP contribution in [0.5, 0.6) is 0 Å². The van der Waals surface area contributed by atoms with E-state index in [-0.39, 0.29) is 5.69 Å². The number of carbonyl (C=O) groups is 1. The van der Waals surface area contributed by atoms with Crippen LogP contribution in [0, 0.1) is 12.7 Å². The standard InChI is InChI=1S/C16H14FN7OS/c1-8-13-10(22-21-8)4-3-9(17)14(13)20-15(25)11-7-18-16(26-11)19-12-5-6-24(2)23-12/h3-7H,1-2H3,(H,20,25)(H,21,22)(H,18,19,23). The highest BCUT2D eigenvalue weighted by atomic mass is 32.1. The van der Waals surface area contributed by atoms with E-state index in [1.54, 1.807) is 37.0 Å². The Morgan fingerprint density at radius 1 is 1.35 bits per heavy atom. The van der Waals surface area contributed by atoms with Crippen molar-refractivity contribution in [1.82, 2.24) is 25.0 Å². The lowest BCUT2D eigenvalue weighted by Gasteiger charge is -2.07. The quantitative estimate of drug-likeness (QED) is 0.511. The lowest BCUT2D eigenvalue weighted by Crippen LogP contribution is -2.12. The molecule has 0 fully saturated rings. The lowest BCUT2D eigenvalue weighted by atomic mass is 10.1. The fourth-order valence-corrected chi connectivity index (χ4v) is 3.28. The first-order valence-electron chi connectivity index (χ1n) is 7.68. The molecule has 0 saturated carbocycles. The number of nitrogens with one attached hydrogen (secondary N) is 3. The average molecular weight is 371 g/mol. The van der Waals surface area contributed by atoms with Gasteiger partial charge in [0.05, 0.1) is 17.4 Å². The number of aryl methyl sites for hydroxylation is 2. The van der Waals surface area contributed by atoms with Crippen LogP contribution < -0.4 is 10.6 Å². The third-order valence-electron chi connectivity index (χ3n) is 3.77. The summed E-state index contributed by atoms with van der Waals surface area (Å²) in [6.07, 6.45) is 3.23. The van der Waals surface area contributed by atoms with Gasteiger partial charge in [0.15, 0.2) is 10.9 Å². The first-order chi connectivity index (χ1) is 12.5. The van der Waals surface area contributed by atoms with Gasteiger partial charge in [-0.1, -0.05) is 11.3 Å². The van der Waals surface area contributed by atoms with Crippen molar-refractivity contribution >= 4 is 44.8 Å². The average Bonchev–Trinajstić information content (AvgIpc) is 3.32. The smallest absolute Gasteiger partial charge is 0.267 e. The molecule has 3 N–H and O–H groups in total. The molecule has 4 rings (SSSR count). The largest absolute Gasteiger partial charge is 0.318 e. The third kappa shape index (κ3) is 2.90. The van der Waals surface area contributed by atoms with Crippen LogP contribution in [0.3, 0.4) is 0 Å². The summed E-state index contributed by atoms with van der Waals surface area (Å²) in [5.74, 6) is -0.339. The topological polar surface area (TPSA) is 101 Å². The SMILES string of the molecule is Cc1[nH]nc2ccc(F)c(NC(=O)c3cnc(Nc4ccn(C)n4)s3)c12. The first kappa shape index (κ1) is 16.2. The molecule has 0 aliphatic rings. The van der Waals surface area contributed by atoms with Crippen LogP contribution in [-0.4, -0.2) is 30.9 Å². The molecule has 3 aromatic heterocycles. The number of halogens is 1. The number of hydrogen-bond donors (Lipinski definition) is 3. The number of benzene rings is 1. The Hall–Kier alpha value is -3.27. The molecule has 0 bridgehead atoms. The van der Waals surface area contributed by atoms with Gasteiger partial charge in [0.2, 0.25) is 0 Å². The van der Waals surface area contributed by atoms with Crippen molar-refractivity contribution in [1.29, 1.82) is 0 Å². The minimum absolute atomic E-state index is 0.103. The maximum atomic E-state index is 14.3. The fourth-order valence-electron chi connectivity index (χ4n) is 2.56. The summed E-state index contributed by atoms with van der Waals surface area (Å²) in [5, 5.41) is 17.8. The van der Waals surface area contributed by atoms with Gasteiger partial charge in [-0.15, -0.1) is 0 Å². The van der Waals surface area contributed by atoms with Crippen molar-refractivity contribution in [3.05, 3.63) is 47.0 Å². The number of hydrogen-bond acceptors (Lipinski definition) is 6. The second-order valence-corrected chi connectivity index (χ2v) is 6.68. The number of fused-ring (bicyclic) bond motifs is 1. The molecule has 26 heavy (non-hydrogen) atoms. The predicted molar refractivity (Wildman–Crippen MR) is 97.3 cm³/mol. The summed E-state index contributed by atoms with van der Waals surface area (Å²) in [4.78, 5) is 17.0. The fraction of sp³-hybridized carbons (Fsp3) is 0.125. The summed E-state index contributed by atoms with van der Waals surface area (Å²) in [6, 6.07) is 4.63. The molecular weight excluding hydrogens is 357 g/mol. The van der Waals surface area contributed by atoms with Gasteiger partial charge in [-0.25, -0.2) is 9.37 Å². The van der Waals surface area contributed by atoms with Crippen molar-refractivity contribution in [3.63, 3.8) is 0 Å². The molecule has 132 valence electrons. The molecule has 0 saturated heterocycles. The molecule has 1 aromatic carbocycles. The molecule has 0 unspecified atom stereocenters. The van der Waals surface area contributed by atoms with Crippen LogP contribution in [0.2, 0.25) is 0 Å². The predicted octanol–water partition coefficient (Wildman–Crippen LogP) is 3.20. The first-order valence-corrected chi connectivity index (χ1v) is 8.50. The molecule has 0 atom stereocenters. The van der Waals surface area contributed by atoms with E-state index in [4.69, 9.17) is 0 Å². The van der Waals surface area contributed by atoms with E-state index >= 15 is 0 Å². The maximum Gasteiger partial charge on any atom is 0.267 e. The number of thiazole rings is 1. The maximum absolute atomic E-state index is 14.3. The Labute approximate surface area is 151 Å². The van der Waals surface area contributed by atoms with E-state index in [9.17, 15) is 9.18 Å². The molecule has 10 heteroatoms. The van der Waals surface area contributed by atoms with Crippen LogP contribution in [0.1, 0.15) is 15.4 Å². The number of aromatic nitrogens is 5. The van der Waals surface area contributed by atoms with E-state index in [0.717, 1.165) is 11.3 Å². The highest BCUT2D eigenvalue weighted by Crippen LogP contribution is 2.29. The van der Waals surface area contributed by atoms with Gasteiger partial charge < -0.3 is 10.6 Å². The summed E-state index contributed by atoms with van der Waals surface area (Å²) < 4.78 is 15.9. The van der Waals surface area contributed by atoms with Crippen molar-refractivity contribution in [2.24, 2.45) is 7.05 Å². The van der Waals surface area contributed by atoms with Gasteiger partial charge in [-0.3, -0.25) is 14.6 Å². The number of aromatic amines is 1. The van der Waals surface area contributed by atoms with Crippen LogP contribution in [0.15, 0.2) is 30.6 Å². The van der Waals surface area contributed by atoms with Crippen LogP contribution >= 0.6 is 11.3 Å². The lowest BCUT2D eigenvalue weighted by molar-refractivity contribution is 0.103. The van der Waals surface area contributed by atoms with Crippen LogP contribution in [0.4, 0.5) is 21.0 Å². The molecule has 0 spiro atoms.